The van der Waals surface area contributed by atoms with E-state index in [-0.39, 0.29) is 12.4 Å². The SMILES string of the molecule is CCCCCCCCCCCCCC[NH+]1CCCCC1.[Cl-]. The number of piperidine rings is 1. The molecule has 1 aliphatic heterocycles. The number of nitrogens with one attached hydrogen (secondary N) is 1. The Balaban J connectivity index is 0.00000400. The third-order valence-corrected chi connectivity index (χ3v) is 4.94. The topological polar surface area (TPSA) is 4.44 Å². The largest absolute Gasteiger partial charge is 1.00 e. The standard InChI is InChI=1S/C19H39N.ClH/c1-2-3-4-5-6-7-8-9-10-11-12-14-17-20-18-15-13-16-19-20;/h2-19H2,1H3;1H. The minimum Gasteiger partial charge on any atom is -1.00 e. The Morgan fingerprint density at radius 3 is 1.48 bits per heavy atom. The Hall–Kier alpha value is 0.250. The van der Waals surface area contributed by atoms with Crippen LogP contribution in [-0.2, 0) is 0 Å². The summed E-state index contributed by atoms with van der Waals surface area (Å²) in [5.74, 6) is 0. The molecule has 1 nitrogen and oxygen atoms in total. The van der Waals surface area contributed by atoms with E-state index < -0.39 is 0 Å². The van der Waals surface area contributed by atoms with Crippen LogP contribution in [0.1, 0.15) is 103 Å². The Labute approximate surface area is 140 Å². The van der Waals surface area contributed by atoms with Crippen molar-refractivity contribution in [1.82, 2.24) is 0 Å². The summed E-state index contributed by atoms with van der Waals surface area (Å²) in [6, 6.07) is 0. The number of halogens is 1. The average Bonchev–Trinajstić information content (AvgIpc) is 2.49. The summed E-state index contributed by atoms with van der Waals surface area (Å²) >= 11 is 0. The van der Waals surface area contributed by atoms with Gasteiger partial charge in [0.05, 0.1) is 19.6 Å². The maximum Gasteiger partial charge on any atom is 0.0770 e. The van der Waals surface area contributed by atoms with Crippen LogP contribution in [0.3, 0.4) is 0 Å². The molecule has 1 rings (SSSR count). The molecule has 0 bridgehead atoms. The van der Waals surface area contributed by atoms with Gasteiger partial charge in [0.25, 0.3) is 0 Å². The third-order valence-electron chi connectivity index (χ3n) is 4.94. The first-order valence-electron chi connectivity index (χ1n) is 9.77. The fourth-order valence-corrected chi connectivity index (χ4v) is 3.52. The van der Waals surface area contributed by atoms with Crippen LogP contribution in [0.25, 0.3) is 0 Å². The quantitative estimate of drug-likeness (QED) is 0.494. The first-order valence-corrected chi connectivity index (χ1v) is 9.77. The summed E-state index contributed by atoms with van der Waals surface area (Å²) in [5, 5.41) is 0. The lowest BCUT2D eigenvalue weighted by Crippen LogP contribution is -3.12. The molecule has 0 aromatic carbocycles. The maximum absolute atomic E-state index is 2.30. The van der Waals surface area contributed by atoms with E-state index in [1.54, 1.807) is 0 Å². The van der Waals surface area contributed by atoms with Gasteiger partial charge in [-0.25, -0.2) is 0 Å². The second-order valence-corrected chi connectivity index (χ2v) is 6.95. The van der Waals surface area contributed by atoms with Gasteiger partial charge in [0, 0.05) is 0 Å². The minimum absolute atomic E-state index is 0. The van der Waals surface area contributed by atoms with E-state index >= 15 is 0 Å². The molecule has 0 amide bonds. The van der Waals surface area contributed by atoms with Crippen LogP contribution >= 0.6 is 0 Å². The lowest BCUT2D eigenvalue weighted by molar-refractivity contribution is -0.905. The normalized spacial score (nSPS) is 15.9. The van der Waals surface area contributed by atoms with E-state index in [1.165, 1.54) is 116 Å². The first kappa shape index (κ1) is 21.2. The zero-order valence-corrected chi connectivity index (χ0v) is 15.4. The van der Waals surface area contributed by atoms with E-state index in [4.69, 9.17) is 0 Å². The van der Waals surface area contributed by atoms with Gasteiger partial charge in [-0.3, -0.25) is 0 Å². The molecule has 1 saturated heterocycles. The van der Waals surface area contributed by atoms with Crippen molar-refractivity contribution >= 4 is 0 Å². The van der Waals surface area contributed by atoms with Crippen molar-refractivity contribution in [2.75, 3.05) is 19.6 Å². The third kappa shape index (κ3) is 13.6. The van der Waals surface area contributed by atoms with E-state index in [2.05, 4.69) is 6.92 Å². The second-order valence-electron chi connectivity index (χ2n) is 6.95. The molecule has 21 heavy (non-hydrogen) atoms. The fraction of sp³-hybridized carbons (Fsp3) is 1.00. The van der Waals surface area contributed by atoms with Gasteiger partial charge in [-0.1, -0.05) is 71.1 Å². The highest BCUT2D eigenvalue weighted by Crippen LogP contribution is 2.11. The average molecular weight is 318 g/mol. The van der Waals surface area contributed by atoms with Gasteiger partial charge in [0.1, 0.15) is 0 Å². The number of quaternary nitrogens is 1. The molecular formula is C19H40ClN. The molecule has 2 heteroatoms. The number of likely N-dealkylation sites (tertiary alicyclic amines) is 1. The van der Waals surface area contributed by atoms with E-state index in [0.717, 1.165) is 0 Å². The molecule has 0 aromatic rings. The molecule has 0 radical (unpaired) electrons. The molecule has 0 saturated carbocycles. The summed E-state index contributed by atoms with van der Waals surface area (Å²) in [6.45, 7) is 6.67. The van der Waals surface area contributed by atoms with Gasteiger partial charge in [0.2, 0.25) is 0 Å². The van der Waals surface area contributed by atoms with Crippen molar-refractivity contribution in [2.24, 2.45) is 0 Å². The van der Waals surface area contributed by atoms with Crippen molar-refractivity contribution in [1.29, 1.82) is 0 Å². The van der Waals surface area contributed by atoms with Gasteiger partial charge in [0.15, 0.2) is 0 Å². The molecule has 0 unspecified atom stereocenters. The number of hydrogen-bond acceptors (Lipinski definition) is 0. The molecule has 1 heterocycles. The van der Waals surface area contributed by atoms with E-state index in [0.29, 0.717) is 0 Å². The smallest absolute Gasteiger partial charge is 0.0770 e. The summed E-state index contributed by atoms with van der Waals surface area (Å²) in [5.41, 5.74) is 0. The Morgan fingerprint density at radius 1 is 0.571 bits per heavy atom. The summed E-state index contributed by atoms with van der Waals surface area (Å²) in [7, 11) is 0. The molecule has 128 valence electrons. The molecule has 0 spiro atoms. The van der Waals surface area contributed by atoms with Crippen molar-refractivity contribution in [2.45, 2.75) is 103 Å². The fourth-order valence-electron chi connectivity index (χ4n) is 3.52. The maximum atomic E-state index is 2.30. The number of rotatable bonds is 13. The van der Waals surface area contributed by atoms with Gasteiger partial charge in [-0.2, -0.15) is 0 Å². The van der Waals surface area contributed by atoms with E-state index in [1.807, 2.05) is 4.90 Å². The lowest BCUT2D eigenvalue weighted by atomic mass is 10.0. The monoisotopic (exact) mass is 317 g/mol. The zero-order valence-electron chi connectivity index (χ0n) is 14.6. The molecule has 0 aliphatic carbocycles. The second kappa shape index (κ2) is 16.6. The number of unbranched alkanes of at least 4 members (excludes halogenated alkanes) is 11. The molecule has 1 N–H and O–H groups in total. The van der Waals surface area contributed by atoms with Crippen molar-refractivity contribution in [3.05, 3.63) is 0 Å². The van der Waals surface area contributed by atoms with Crippen molar-refractivity contribution < 1.29 is 17.3 Å². The van der Waals surface area contributed by atoms with Crippen LogP contribution in [0.4, 0.5) is 0 Å². The summed E-state index contributed by atoms with van der Waals surface area (Å²) < 4.78 is 0. The zero-order chi connectivity index (χ0) is 14.3. The highest BCUT2D eigenvalue weighted by atomic mass is 35.5. The number of hydrogen-bond donors (Lipinski definition) is 1. The Kier molecular flexibility index (Phi) is 16.8. The van der Waals surface area contributed by atoms with Crippen molar-refractivity contribution in [3.63, 3.8) is 0 Å². The van der Waals surface area contributed by atoms with Crippen LogP contribution in [0, 0.1) is 0 Å². The molecule has 1 aliphatic rings. The van der Waals surface area contributed by atoms with Gasteiger partial charge in [-0.05, 0) is 32.1 Å². The molecule has 0 atom stereocenters. The van der Waals surface area contributed by atoms with Gasteiger partial charge < -0.3 is 17.3 Å². The molecule has 1 fully saturated rings. The highest BCUT2D eigenvalue weighted by Gasteiger charge is 2.11. The van der Waals surface area contributed by atoms with Gasteiger partial charge in [-0.15, -0.1) is 0 Å². The Bertz CT molecular complexity index is 190. The highest BCUT2D eigenvalue weighted by molar-refractivity contribution is 4.49. The summed E-state index contributed by atoms with van der Waals surface area (Å²) in [4.78, 5) is 1.89. The summed E-state index contributed by atoms with van der Waals surface area (Å²) in [6.07, 6.45) is 22.1. The van der Waals surface area contributed by atoms with E-state index in [9.17, 15) is 0 Å². The predicted molar refractivity (Wildman–Crippen MR) is 90.5 cm³/mol. The van der Waals surface area contributed by atoms with Crippen LogP contribution in [0.5, 0.6) is 0 Å². The minimum atomic E-state index is 0. The lowest BCUT2D eigenvalue weighted by Gasteiger charge is -2.23. The van der Waals surface area contributed by atoms with Gasteiger partial charge >= 0.3 is 0 Å². The van der Waals surface area contributed by atoms with Crippen LogP contribution < -0.4 is 17.3 Å². The predicted octanol–water partition coefficient (Wildman–Crippen LogP) is 1.76. The van der Waals surface area contributed by atoms with Crippen molar-refractivity contribution in [3.8, 4) is 0 Å². The molecular weight excluding hydrogens is 278 g/mol. The first-order chi connectivity index (χ1) is 9.93. The van der Waals surface area contributed by atoms with Crippen LogP contribution in [-0.4, -0.2) is 19.6 Å². The molecule has 0 aromatic heterocycles. The van der Waals surface area contributed by atoms with Crippen LogP contribution in [0.2, 0.25) is 0 Å². The van der Waals surface area contributed by atoms with Crippen LogP contribution in [0.15, 0.2) is 0 Å². The Morgan fingerprint density at radius 2 is 1.00 bits per heavy atom.